The third-order valence-corrected chi connectivity index (χ3v) is 8.79. The zero-order valence-electron chi connectivity index (χ0n) is 17.3. The number of hydrogen-bond acceptors (Lipinski definition) is 6. The Labute approximate surface area is 180 Å². The molecule has 1 fully saturated rings. The molecule has 0 spiro atoms. The molecule has 3 aliphatic rings. The van der Waals surface area contributed by atoms with Crippen LogP contribution in [0.25, 0.3) is 5.57 Å². The second-order valence-electron chi connectivity index (χ2n) is 8.48. The molecular weight excluding hydrogens is 406 g/mol. The number of quaternary nitrogens is 1. The largest absolute Gasteiger partial charge is 0.477 e. The number of thiazole rings is 1. The van der Waals surface area contributed by atoms with E-state index in [1.54, 1.807) is 11.3 Å². The molecule has 0 saturated carbocycles. The normalized spacial score (nSPS) is 32.7. The standard InChI is InChI=1S/C21H29N3O3S2/c1-5-15-16(12(4)25)17-11(3)19(18(20(26)27)24(15)17)29-21-23-14(9-28-21)13-6-7-22-10(2)8-13/h6,9-12,15-17,22,25H,5,7-8H2,1-4H3,(H,26,27)/p+1. The van der Waals surface area contributed by atoms with Gasteiger partial charge in [0, 0.05) is 40.6 Å². The molecule has 6 atom stereocenters. The lowest BCUT2D eigenvalue weighted by Crippen LogP contribution is -2.89. The molecule has 4 rings (SSSR count). The molecule has 4 heterocycles. The second kappa shape index (κ2) is 8.06. The second-order valence-corrected chi connectivity index (χ2v) is 10.6. The van der Waals surface area contributed by atoms with E-state index in [1.807, 2.05) is 11.8 Å². The van der Waals surface area contributed by atoms with E-state index in [0.717, 1.165) is 34.3 Å². The van der Waals surface area contributed by atoms with Gasteiger partial charge in [0.15, 0.2) is 4.34 Å². The summed E-state index contributed by atoms with van der Waals surface area (Å²) in [5, 5.41) is 24.7. The lowest BCUT2D eigenvalue weighted by atomic mass is 9.72. The number of aromatic nitrogens is 1. The summed E-state index contributed by atoms with van der Waals surface area (Å²) in [6.45, 7) is 9.19. The van der Waals surface area contributed by atoms with Crippen LogP contribution in [0.15, 0.2) is 26.4 Å². The number of aliphatic hydroxyl groups is 1. The van der Waals surface area contributed by atoms with Crippen LogP contribution in [0.3, 0.4) is 0 Å². The first-order valence-electron chi connectivity index (χ1n) is 10.4. The van der Waals surface area contributed by atoms with Crippen molar-refractivity contribution in [3.8, 4) is 0 Å². The zero-order valence-corrected chi connectivity index (χ0v) is 19.0. The Morgan fingerprint density at radius 3 is 2.86 bits per heavy atom. The fourth-order valence-corrected chi connectivity index (χ4v) is 7.37. The minimum absolute atomic E-state index is 0.0606. The van der Waals surface area contributed by atoms with Crippen LogP contribution in [0.5, 0.6) is 0 Å². The first-order valence-corrected chi connectivity index (χ1v) is 12.1. The maximum atomic E-state index is 12.2. The molecule has 6 nitrogen and oxygen atoms in total. The highest BCUT2D eigenvalue weighted by atomic mass is 32.2. The minimum Gasteiger partial charge on any atom is -0.477 e. The zero-order chi connectivity index (χ0) is 20.9. The van der Waals surface area contributed by atoms with Gasteiger partial charge in [-0.05, 0) is 31.9 Å². The van der Waals surface area contributed by atoms with Crippen LogP contribution < -0.4 is 5.32 Å². The molecule has 1 aromatic rings. The number of fused-ring (bicyclic) bond motifs is 1. The van der Waals surface area contributed by atoms with Gasteiger partial charge in [0.1, 0.15) is 5.70 Å². The van der Waals surface area contributed by atoms with Crippen molar-refractivity contribution >= 4 is 34.6 Å². The molecule has 0 aromatic carbocycles. The number of thioether (sulfide) groups is 1. The highest BCUT2D eigenvalue weighted by Gasteiger charge is 2.59. The van der Waals surface area contributed by atoms with E-state index in [1.165, 1.54) is 17.3 Å². The lowest BCUT2D eigenvalue weighted by molar-refractivity contribution is -0.679. The molecule has 0 amide bonds. The van der Waals surface area contributed by atoms with Gasteiger partial charge in [-0.3, -0.25) is 0 Å². The first kappa shape index (κ1) is 20.9. The number of hydrogen-bond donors (Lipinski definition) is 3. The quantitative estimate of drug-likeness (QED) is 0.634. The van der Waals surface area contributed by atoms with E-state index in [4.69, 9.17) is 4.98 Å². The number of aliphatic hydroxyl groups excluding tert-OH is 1. The van der Waals surface area contributed by atoms with Crippen molar-refractivity contribution in [3.05, 3.63) is 27.8 Å². The number of carbonyl (C=O) groups is 1. The number of nitrogens with zero attached hydrogens (tertiary/aromatic N) is 2. The Kier molecular flexibility index (Phi) is 5.81. The fraction of sp³-hybridized carbons (Fsp3) is 0.619. The fourth-order valence-electron chi connectivity index (χ4n) is 5.25. The van der Waals surface area contributed by atoms with Crippen molar-refractivity contribution in [1.29, 1.82) is 0 Å². The third kappa shape index (κ3) is 3.54. The third-order valence-electron chi connectivity index (χ3n) is 6.57. The molecule has 4 N–H and O–H groups in total. The lowest BCUT2D eigenvalue weighted by Gasteiger charge is -2.56. The predicted octanol–water partition coefficient (Wildman–Crippen LogP) is 2.38. The van der Waals surface area contributed by atoms with Crippen LogP contribution >= 0.6 is 23.1 Å². The van der Waals surface area contributed by atoms with E-state index in [9.17, 15) is 15.0 Å². The summed E-state index contributed by atoms with van der Waals surface area (Å²) in [5.41, 5.74) is 2.73. The predicted molar refractivity (Wildman–Crippen MR) is 116 cm³/mol. The minimum atomic E-state index is -0.875. The highest BCUT2D eigenvalue weighted by Crippen LogP contribution is 2.55. The van der Waals surface area contributed by atoms with Crippen molar-refractivity contribution in [1.82, 2.24) is 9.88 Å². The summed E-state index contributed by atoms with van der Waals surface area (Å²) in [7, 11) is 0. The summed E-state index contributed by atoms with van der Waals surface area (Å²) in [5.74, 6) is -0.690. The van der Waals surface area contributed by atoms with Gasteiger partial charge in [-0.1, -0.05) is 25.6 Å². The smallest absolute Gasteiger partial charge is 0.353 e. The Bertz CT molecular complexity index is 863. The highest BCUT2D eigenvalue weighted by molar-refractivity contribution is 8.04. The molecule has 1 aromatic heterocycles. The Balaban J connectivity index is 1.60. The molecule has 8 heteroatoms. The van der Waals surface area contributed by atoms with E-state index in [-0.39, 0.29) is 23.9 Å². The van der Waals surface area contributed by atoms with Crippen molar-refractivity contribution in [2.45, 2.75) is 69.1 Å². The summed E-state index contributed by atoms with van der Waals surface area (Å²) < 4.78 is 0.896. The van der Waals surface area contributed by atoms with E-state index >= 15 is 0 Å². The van der Waals surface area contributed by atoms with Gasteiger partial charge in [0.05, 0.1) is 24.4 Å². The number of rotatable bonds is 6. The van der Waals surface area contributed by atoms with Crippen LogP contribution in [-0.2, 0) is 4.79 Å². The van der Waals surface area contributed by atoms with Crippen molar-refractivity contribution in [2.75, 3.05) is 6.54 Å². The number of nitrogens with two attached hydrogens (primary N) is 1. The topological polar surface area (TPSA) is 90.3 Å². The van der Waals surface area contributed by atoms with Crippen molar-refractivity contribution in [3.63, 3.8) is 0 Å². The number of carboxylic acids is 1. The average molecular weight is 437 g/mol. The van der Waals surface area contributed by atoms with E-state index in [2.05, 4.69) is 37.5 Å². The first-order chi connectivity index (χ1) is 13.8. The molecule has 0 aliphatic carbocycles. The van der Waals surface area contributed by atoms with Gasteiger partial charge in [-0.25, -0.2) is 9.78 Å². The van der Waals surface area contributed by atoms with E-state index < -0.39 is 12.1 Å². The summed E-state index contributed by atoms with van der Waals surface area (Å²) in [6, 6.07) is 0.713. The van der Waals surface area contributed by atoms with Crippen molar-refractivity contribution < 1.29 is 20.3 Å². The molecule has 29 heavy (non-hydrogen) atoms. The number of carboxylic acid groups (broad SMARTS) is 1. The van der Waals surface area contributed by atoms with Crippen LogP contribution in [0.2, 0.25) is 0 Å². The van der Waals surface area contributed by atoms with Gasteiger partial charge in [0.25, 0.3) is 0 Å². The molecule has 3 aliphatic heterocycles. The molecule has 0 radical (unpaired) electrons. The monoisotopic (exact) mass is 436 g/mol. The Morgan fingerprint density at radius 2 is 2.24 bits per heavy atom. The van der Waals surface area contributed by atoms with Gasteiger partial charge in [0.2, 0.25) is 0 Å². The number of aliphatic carboxylic acids is 1. The molecular formula is C21H30N3O3S2+. The summed E-state index contributed by atoms with van der Waals surface area (Å²) >= 11 is 3.09. The van der Waals surface area contributed by atoms with Crippen LogP contribution in [0, 0.1) is 11.8 Å². The SMILES string of the molecule is CCC1C(C(C)O)C2C(C)C(Sc3nc(C4=CC[NH2+]C(C)C4)cs3)=C(C(=O)O)N12. The van der Waals surface area contributed by atoms with Crippen molar-refractivity contribution in [2.24, 2.45) is 11.8 Å². The van der Waals surface area contributed by atoms with Crippen LogP contribution in [0.4, 0.5) is 0 Å². The van der Waals surface area contributed by atoms with Gasteiger partial charge in [-0.15, -0.1) is 11.3 Å². The van der Waals surface area contributed by atoms with E-state index in [0.29, 0.717) is 11.7 Å². The molecule has 6 unspecified atom stereocenters. The molecule has 0 bridgehead atoms. The Hall–Kier alpha value is -1.35. The summed E-state index contributed by atoms with van der Waals surface area (Å²) in [6.07, 6.45) is 3.65. The van der Waals surface area contributed by atoms with Gasteiger partial charge < -0.3 is 20.4 Å². The van der Waals surface area contributed by atoms with Crippen LogP contribution in [-0.4, -0.2) is 56.8 Å². The molecule has 158 valence electrons. The molecule has 1 saturated heterocycles. The van der Waals surface area contributed by atoms with Gasteiger partial charge >= 0.3 is 5.97 Å². The van der Waals surface area contributed by atoms with Crippen LogP contribution in [0.1, 0.15) is 46.2 Å². The maximum absolute atomic E-state index is 12.2. The summed E-state index contributed by atoms with van der Waals surface area (Å²) in [4.78, 5) is 19.9. The Morgan fingerprint density at radius 1 is 1.48 bits per heavy atom. The maximum Gasteiger partial charge on any atom is 0.353 e. The van der Waals surface area contributed by atoms with Gasteiger partial charge in [-0.2, -0.15) is 0 Å². The average Bonchev–Trinajstić information content (AvgIpc) is 3.19.